The molecule has 0 aliphatic rings. The molecule has 0 bridgehead atoms. The Morgan fingerprint density at radius 2 is 0.587 bits per heavy atom. The second kappa shape index (κ2) is 72.0. The smallest absolute Gasteiger partial charge is 0.306 e. The zero-order valence-electron chi connectivity index (χ0n) is 60.7. The van der Waals surface area contributed by atoms with Crippen LogP contribution in [0, 0.1) is 0 Å². The van der Waals surface area contributed by atoms with Gasteiger partial charge < -0.3 is 27.9 Å². The standard InChI is InChI=1S/C82H146NO8P/c1-6-8-10-12-14-16-18-20-22-24-26-28-30-32-34-36-37-38-39-40-41-42-43-44-45-47-49-51-53-55-57-59-61-63-65-67-69-71-73-75-82(85)91-80(79-90-92(86,87)89-77-76-83(3,4)5)78-88-81(84)74-72-70-68-66-64-62-60-58-56-54-52-50-48-46-35-33-31-29-27-25-23-21-19-17-15-13-11-9-7-2/h8-11,14-17,20-23,26-29,32,34,80H,6-7,12-13,18-19,24-25,30-31,33,35-79H2,1-5H3/b10-8-,11-9-,16-14-,17-15-,22-20-,23-21-,28-26-,29-27-,34-32-. The highest BCUT2D eigenvalue weighted by Crippen LogP contribution is 2.38. The van der Waals surface area contributed by atoms with E-state index in [-0.39, 0.29) is 32.0 Å². The Morgan fingerprint density at radius 3 is 0.870 bits per heavy atom. The Hall–Kier alpha value is -3.33. The maximum absolute atomic E-state index is 12.9. The Kier molecular flexibility index (Phi) is 69.3. The number of ether oxygens (including phenoxy) is 2. The van der Waals surface area contributed by atoms with E-state index >= 15 is 0 Å². The monoisotopic (exact) mass is 1300 g/mol. The van der Waals surface area contributed by atoms with Gasteiger partial charge in [-0.3, -0.25) is 14.2 Å². The van der Waals surface area contributed by atoms with Crippen LogP contribution in [0.5, 0.6) is 0 Å². The van der Waals surface area contributed by atoms with Crippen molar-refractivity contribution in [2.45, 2.75) is 354 Å². The molecule has 0 saturated heterocycles. The molecule has 0 aliphatic carbocycles. The van der Waals surface area contributed by atoms with E-state index in [2.05, 4.69) is 123 Å². The van der Waals surface area contributed by atoms with Gasteiger partial charge in [0.1, 0.15) is 19.8 Å². The third-order valence-electron chi connectivity index (χ3n) is 16.8. The number of rotatable bonds is 71. The number of unbranched alkanes of at least 4 members (excludes halogenated alkanes) is 39. The van der Waals surface area contributed by atoms with Crippen LogP contribution < -0.4 is 4.89 Å². The lowest BCUT2D eigenvalue weighted by molar-refractivity contribution is -0.870. The summed E-state index contributed by atoms with van der Waals surface area (Å²) in [7, 11) is 1.18. The molecule has 0 N–H and O–H groups in total. The van der Waals surface area contributed by atoms with E-state index < -0.39 is 26.5 Å². The molecule has 2 unspecified atom stereocenters. The highest BCUT2D eigenvalue weighted by Gasteiger charge is 2.22. The molecular weight excluding hydrogens is 1160 g/mol. The number of likely N-dealkylation sites (N-methyl/N-ethyl adjacent to an activating group) is 1. The van der Waals surface area contributed by atoms with Crippen LogP contribution >= 0.6 is 7.82 Å². The number of phosphoric ester groups is 1. The van der Waals surface area contributed by atoms with Crippen molar-refractivity contribution in [3.05, 3.63) is 109 Å². The molecule has 0 fully saturated rings. The summed E-state index contributed by atoms with van der Waals surface area (Å²) in [4.78, 5) is 38.2. The van der Waals surface area contributed by atoms with Crippen molar-refractivity contribution in [1.82, 2.24) is 0 Å². The molecule has 0 aromatic rings. The van der Waals surface area contributed by atoms with Crippen molar-refractivity contribution in [3.63, 3.8) is 0 Å². The van der Waals surface area contributed by atoms with Crippen LogP contribution in [0.3, 0.4) is 0 Å². The molecule has 0 spiro atoms. The van der Waals surface area contributed by atoms with Crippen LogP contribution in [0.15, 0.2) is 109 Å². The van der Waals surface area contributed by atoms with Crippen molar-refractivity contribution in [2.75, 3.05) is 47.5 Å². The third-order valence-corrected chi connectivity index (χ3v) is 17.8. The van der Waals surface area contributed by atoms with Gasteiger partial charge in [0.25, 0.3) is 7.82 Å². The number of hydrogen-bond acceptors (Lipinski definition) is 8. The molecule has 0 aliphatic heterocycles. The molecule has 2 atom stereocenters. The second-order valence-electron chi connectivity index (χ2n) is 27.0. The summed E-state index contributed by atoms with van der Waals surface area (Å²) in [5.74, 6) is -0.819. The molecule has 0 radical (unpaired) electrons. The minimum absolute atomic E-state index is 0.0316. The minimum Gasteiger partial charge on any atom is -0.756 e. The van der Waals surface area contributed by atoms with E-state index in [4.69, 9.17) is 18.5 Å². The first-order valence-electron chi connectivity index (χ1n) is 38.6. The van der Waals surface area contributed by atoms with Gasteiger partial charge in [-0.2, -0.15) is 0 Å². The molecular formula is C82H146NO8P. The molecule has 9 nitrogen and oxygen atoms in total. The fraction of sp³-hybridized carbons (Fsp3) is 0.756. The molecule has 532 valence electrons. The van der Waals surface area contributed by atoms with Crippen LogP contribution in [0.4, 0.5) is 0 Å². The lowest BCUT2D eigenvalue weighted by Gasteiger charge is -2.28. The first-order valence-corrected chi connectivity index (χ1v) is 40.1. The van der Waals surface area contributed by atoms with E-state index in [1.54, 1.807) is 0 Å². The van der Waals surface area contributed by atoms with E-state index in [0.29, 0.717) is 17.4 Å². The highest BCUT2D eigenvalue weighted by atomic mass is 31.2. The maximum atomic E-state index is 12.9. The number of nitrogens with zero attached hydrogens (tertiary/aromatic N) is 1. The maximum Gasteiger partial charge on any atom is 0.306 e. The number of carbonyl (C=O) groups excluding carboxylic acids is 2. The SMILES string of the molecule is CC/C=C\C/C=C\C/C=C\C/C=C\C/C=C\CCCCCCCCCCCCCCCCCCCCCCCCCC(=O)OC(COC(=O)CCCCCCCCCCCCCCCCCC/C=C\C/C=C\C/C=C\C/C=C\CC)COP(=O)([O-])OCC[N+](C)(C)C. The molecule has 92 heavy (non-hydrogen) atoms. The number of esters is 2. The van der Waals surface area contributed by atoms with E-state index in [9.17, 15) is 19.0 Å². The Labute approximate surface area is 569 Å². The average molecular weight is 1310 g/mol. The van der Waals surface area contributed by atoms with Crippen molar-refractivity contribution in [3.8, 4) is 0 Å². The topological polar surface area (TPSA) is 111 Å². The summed E-state index contributed by atoms with van der Waals surface area (Å²) in [5.41, 5.74) is 0. The predicted octanol–water partition coefficient (Wildman–Crippen LogP) is 25.0. The molecule has 10 heteroatoms. The van der Waals surface area contributed by atoms with E-state index in [1.807, 2.05) is 21.1 Å². The number of phosphoric acid groups is 1. The molecule has 0 rings (SSSR count). The summed E-state index contributed by atoms with van der Waals surface area (Å²) >= 11 is 0. The molecule has 0 amide bonds. The fourth-order valence-electron chi connectivity index (χ4n) is 11.0. The van der Waals surface area contributed by atoms with Gasteiger partial charge in [0.05, 0.1) is 27.7 Å². The second-order valence-corrected chi connectivity index (χ2v) is 28.4. The van der Waals surface area contributed by atoms with Gasteiger partial charge in [-0.25, -0.2) is 0 Å². The van der Waals surface area contributed by atoms with Gasteiger partial charge in [0.2, 0.25) is 0 Å². The van der Waals surface area contributed by atoms with Crippen LogP contribution in [0.1, 0.15) is 348 Å². The molecule has 0 heterocycles. The number of quaternary nitrogens is 1. The number of allylic oxidation sites excluding steroid dienone is 18. The Bertz CT molecular complexity index is 1920. The zero-order chi connectivity index (χ0) is 66.9. The summed E-state index contributed by atoms with van der Waals surface area (Å²) in [6.07, 6.45) is 102. The van der Waals surface area contributed by atoms with E-state index in [0.717, 1.165) is 96.3 Å². The summed E-state index contributed by atoms with van der Waals surface area (Å²) in [5, 5.41) is 0. The van der Waals surface area contributed by atoms with Gasteiger partial charge in [-0.15, -0.1) is 0 Å². The number of carbonyl (C=O) groups is 2. The highest BCUT2D eigenvalue weighted by molar-refractivity contribution is 7.45. The van der Waals surface area contributed by atoms with Crippen LogP contribution in [-0.2, 0) is 32.7 Å². The zero-order valence-corrected chi connectivity index (χ0v) is 61.6. The number of hydrogen-bond donors (Lipinski definition) is 0. The molecule has 0 saturated carbocycles. The van der Waals surface area contributed by atoms with Crippen molar-refractivity contribution in [2.24, 2.45) is 0 Å². The normalized spacial score (nSPS) is 13.7. The van der Waals surface area contributed by atoms with Crippen LogP contribution in [0.25, 0.3) is 0 Å². The lowest BCUT2D eigenvalue weighted by Crippen LogP contribution is -2.37. The summed E-state index contributed by atoms with van der Waals surface area (Å²) < 4.78 is 34.4. The van der Waals surface area contributed by atoms with Crippen LogP contribution in [0.2, 0.25) is 0 Å². The quantitative estimate of drug-likeness (QED) is 0.0195. The summed E-state index contributed by atoms with van der Waals surface area (Å²) in [6, 6.07) is 0. The first kappa shape index (κ1) is 88.7. The van der Waals surface area contributed by atoms with Crippen molar-refractivity contribution < 1.29 is 42.1 Å². The van der Waals surface area contributed by atoms with Crippen molar-refractivity contribution >= 4 is 19.8 Å². The Balaban J connectivity index is 3.94. The largest absolute Gasteiger partial charge is 0.756 e. The Morgan fingerprint density at radius 1 is 0.337 bits per heavy atom. The third kappa shape index (κ3) is 75.7. The minimum atomic E-state index is -4.65. The average Bonchev–Trinajstić information content (AvgIpc) is 2.14. The van der Waals surface area contributed by atoms with Gasteiger partial charge >= 0.3 is 11.9 Å². The van der Waals surface area contributed by atoms with Crippen LogP contribution in [-0.4, -0.2) is 70.0 Å². The van der Waals surface area contributed by atoms with E-state index in [1.165, 1.54) is 218 Å². The molecule has 0 aromatic heterocycles. The van der Waals surface area contributed by atoms with Gasteiger partial charge in [-0.1, -0.05) is 348 Å². The first-order chi connectivity index (χ1) is 45.0. The van der Waals surface area contributed by atoms with Gasteiger partial charge in [0.15, 0.2) is 6.10 Å². The van der Waals surface area contributed by atoms with Crippen molar-refractivity contribution in [1.29, 1.82) is 0 Å². The van der Waals surface area contributed by atoms with Gasteiger partial charge in [-0.05, 0) is 96.3 Å². The molecule has 0 aromatic carbocycles. The fourth-order valence-corrected chi connectivity index (χ4v) is 11.7. The predicted molar refractivity (Wildman–Crippen MR) is 397 cm³/mol. The van der Waals surface area contributed by atoms with Gasteiger partial charge in [0, 0.05) is 12.8 Å². The lowest BCUT2D eigenvalue weighted by atomic mass is 10.0. The summed E-state index contributed by atoms with van der Waals surface area (Å²) in [6.45, 7) is 4.06.